The van der Waals surface area contributed by atoms with E-state index >= 15 is 0 Å². The van der Waals surface area contributed by atoms with Crippen LogP contribution >= 0.6 is 12.2 Å². The van der Waals surface area contributed by atoms with E-state index in [1.54, 1.807) is 30.5 Å². The molecule has 0 amide bonds. The first-order valence-corrected chi connectivity index (χ1v) is 6.88. The second kappa shape index (κ2) is 8.80. The number of nitro groups is 1. The lowest BCUT2D eigenvalue weighted by molar-refractivity contribution is -0.384. The van der Waals surface area contributed by atoms with Gasteiger partial charge in [-0.1, -0.05) is 19.9 Å². The summed E-state index contributed by atoms with van der Waals surface area (Å²) in [6.07, 6.45) is 5.07. The quantitative estimate of drug-likeness (QED) is 0.365. The number of allylic oxidation sites excluding steroid dienone is 1. The standard InChI is InChI=1S/C14H18N4O2S/c1-11(2)10-15-14(21)17-16-9-3-4-12-5-7-13(8-6-12)18(19)20/h3-9,11H,10H2,1-2H3,(H2,15,17,21)/b4-3-,16-9-. The molecule has 0 aromatic heterocycles. The Morgan fingerprint density at radius 2 is 2.10 bits per heavy atom. The van der Waals surface area contributed by atoms with E-state index in [2.05, 4.69) is 29.7 Å². The zero-order valence-corrected chi connectivity index (χ0v) is 12.8. The number of nitrogens with one attached hydrogen (secondary N) is 2. The Morgan fingerprint density at radius 1 is 1.43 bits per heavy atom. The smallest absolute Gasteiger partial charge is 0.269 e. The highest BCUT2D eigenvalue weighted by Gasteiger charge is 2.01. The van der Waals surface area contributed by atoms with Gasteiger partial charge in [0.1, 0.15) is 0 Å². The van der Waals surface area contributed by atoms with Crippen LogP contribution in [-0.2, 0) is 0 Å². The van der Waals surface area contributed by atoms with E-state index < -0.39 is 4.92 Å². The molecule has 0 unspecified atom stereocenters. The molecule has 0 saturated carbocycles. The zero-order valence-electron chi connectivity index (χ0n) is 11.9. The molecule has 1 aromatic carbocycles. The SMILES string of the molecule is CC(C)CNC(=S)N/N=C\C=C/c1ccc([N+](=O)[O-])cc1. The van der Waals surface area contributed by atoms with Gasteiger partial charge in [-0.05, 0) is 41.9 Å². The second-order valence-corrected chi connectivity index (χ2v) is 5.11. The van der Waals surface area contributed by atoms with Gasteiger partial charge in [-0.15, -0.1) is 0 Å². The van der Waals surface area contributed by atoms with Gasteiger partial charge in [0.25, 0.3) is 5.69 Å². The molecule has 1 rings (SSSR count). The van der Waals surface area contributed by atoms with Crippen LogP contribution in [0.25, 0.3) is 6.08 Å². The van der Waals surface area contributed by atoms with Crippen LogP contribution in [0, 0.1) is 16.0 Å². The van der Waals surface area contributed by atoms with E-state index in [9.17, 15) is 10.1 Å². The summed E-state index contributed by atoms with van der Waals surface area (Å²) in [5.74, 6) is 0.510. The lowest BCUT2D eigenvalue weighted by Crippen LogP contribution is -2.34. The first kappa shape index (κ1) is 16.8. The zero-order chi connectivity index (χ0) is 15.7. The number of benzene rings is 1. The van der Waals surface area contributed by atoms with Crippen molar-refractivity contribution in [3.05, 3.63) is 46.0 Å². The molecule has 0 aliphatic carbocycles. The largest absolute Gasteiger partial charge is 0.361 e. The number of nitrogens with zero attached hydrogens (tertiary/aromatic N) is 2. The van der Waals surface area contributed by atoms with Crippen molar-refractivity contribution in [3.63, 3.8) is 0 Å². The Kier molecular flexibility index (Phi) is 7.03. The first-order chi connectivity index (χ1) is 9.99. The molecular formula is C14H18N4O2S. The number of hydrogen-bond acceptors (Lipinski definition) is 4. The number of rotatable bonds is 6. The number of thiocarbonyl (C=S) groups is 1. The summed E-state index contributed by atoms with van der Waals surface area (Å²) < 4.78 is 0. The summed E-state index contributed by atoms with van der Waals surface area (Å²) in [6.45, 7) is 4.97. The average molecular weight is 306 g/mol. The lowest BCUT2D eigenvalue weighted by atomic mass is 10.2. The molecule has 0 atom stereocenters. The fraction of sp³-hybridized carbons (Fsp3) is 0.286. The van der Waals surface area contributed by atoms with Gasteiger partial charge < -0.3 is 5.32 Å². The van der Waals surface area contributed by atoms with Gasteiger partial charge in [0.05, 0.1) is 4.92 Å². The topological polar surface area (TPSA) is 79.6 Å². The summed E-state index contributed by atoms with van der Waals surface area (Å²) in [5.41, 5.74) is 3.62. The summed E-state index contributed by atoms with van der Waals surface area (Å²) in [7, 11) is 0. The number of non-ortho nitro benzene ring substituents is 1. The molecule has 21 heavy (non-hydrogen) atoms. The highest BCUT2D eigenvalue weighted by Crippen LogP contribution is 2.12. The molecule has 0 heterocycles. The van der Waals surface area contributed by atoms with Crippen molar-refractivity contribution in [2.75, 3.05) is 6.54 Å². The predicted molar refractivity (Wildman–Crippen MR) is 89.2 cm³/mol. The van der Waals surface area contributed by atoms with Crippen LogP contribution in [0.5, 0.6) is 0 Å². The molecular weight excluding hydrogens is 288 g/mol. The Balaban J connectivity index is 2.38. The monoisotopic (exact) mass is 306 g/mol. The number of nitro benzene ring substituents is 1. The van der Waals surface area contributed by atoms with Crippen LogP contribution in [0.4, 0.5) is 5.69 Å². The fourth-order valence-electron chi connectivity index (χ4n) is 1.34. The second-order valence-electron chi connectivity index (χ2n) is 4.70. The van der Waals surface area contributed by atoms with Crippen molar-refractivity contribution in [1.29, 1.82) is 0 Å². The van der Waals surface area contributed by atoms with Crippen molar-refractivity contribution in [2.24, 2.45) is 11.0 Å². The van der Waals surface area contributed by atoms with Crippen molar-refractivity contribution in [2.45, 2.75) is 13.8 Å². The number of hydrogen-bond donors (Lipinski definition) is 2. The predicted octanol–water partition coefficient (Wildman–Crippen LogP) is 2.71. The Hall–Kier alpha value is -2.28. The van der Waals surface area contributed by atoms with Crippen LogP contribution in [0.3, 0.4) is 0 Å². The molecule has 0 radical (unpaired) electrons. The first-order valence-electron chi connectivity index (χ1n) is 6.47. The van der Waals surface area contributed by atoms with E-state index in [4.69, 9.17) is 12.2 Å². The number of hydrazone groups is 1. The molecule has 7 heteroatoms. The van der Waals surface area contributed by atoms with Gasteiger partial charge in [0, 0.05) is 24.9 Å². The summed E-state index contributed by atoms with van der Waals surface area (Å²) >= 11 is 5.03. The van der Waals surface area contributed by atoms with Crippen molar-refractivity contribution in [3.8, 4) is 0 Å². The molecule has 0 saturated heterocycles. The summed E-state index contributed by atoms with van der Waals surface area (Å²) in [5, 5.41) is 17.9. The van der Waals surface area contributed by atoms with Crippen molar-refractivity contribution < 1.29 is 4.92 Å². The Bertz CT molecular complexity index is 538. The lowest BCUT2D eigenvalue weighted by Gasteiger charge is -2.08. The maximum absolute atomic E-state index is 10.5. The van der Waals surface area contributed by atoms with Crippen LogP contribution in [0.1, 0.15) is 19.4 Å². The van der Waals surface area contributed by atoms with Gasteiger partial charge in [-0.3, -0.25) is 15.5 Å². The summed E-state index contributed by atoms with van der Waals surface area (Å²) in [6, 6.07) is 6.26. The van der Waals surface area contributed by atoms with Gasteiger partial charge in [0.2, 0.25) is 0 Å². The molecule has 0 bridgehead atoms. The molecule has 6 nitrogen and oxygen atoms in total. The maximum atomic E-state index is 10.5. The van der Waals surface area contributed by atoms with Crippen molar-refractivity contribution in [1.82, 2.24) is 10.7 Å². The minimum atomic E-state index is -0.427. The van der Waals surface area contributed by atoms with Crippen LogP contribution in [0.15, 0.2) is 35.4 Å². The third kappa shape index (κ3) is 7.17. The minimum Gasteiger partial charge on any atom is -0.361 e. The van der Waals surface area contributed by atoms with Gasteiger partial charge in [-0.2, -0.15) is 5.10 Å². The third-order valence-electron chi connectivity index (χ3n) is 2.39. The normalized spacial score (nSPS) is 11.2. The van der Waals surface area contributed by atoms with E-state index in [-0.39, 0.29) is 5.69 Å². The van der Waals surface area contributed by atoms with Crippen LogP contribution < -0.4 is 10.7 Å². The Labute approximate surface area is 129 Å². The van der Waals surface area contributed by atoms with Crippen LogP contribution in [-0.4, -0.2) is 22.8 Å². The van der Waals surface area contributed by atoms with E-state index in [1.165, 1.54) is 12.1 Å². The molecule has 2 N–H and O–H groups in total. The van der Waals surface area contributed by atoms with Gasteiger partial charge in [-0.25, -0.2) is 0 Å². The Morgan fingerprint density at radius 3 is 2.67 bits per heavy atom. The molecule has 112 valence electrons. The molecule has 0 spiro atoms. The molecule has 1 aromatic rings. The van der Waals surface area contributed by atoms with E-state index in [0.717, 1.165) is 12.1 Å². The van der Waals surface area contributed by atoms with Crippen LogP contribution in [0.2, 0.25) is 0 Å². The molecule has 0 fully saturated rings. The third-order valence-corrected chi connectivity index (χ3v) is 2.63. The average Bonchev–Trinajstić information content (AvgIpc) is 2.45. The minimum absolute atomic E-state index is 0.0732. The van der Waals surface area contributed by atoms with Gasteiger partial charge >= 0.3 is 0 Å². The fourth-order valence-corrected chi connectivity index (χ4v) is 1.47. The van der Waals surface area contributed by atoms with E-state index in [0.29, 0.717) is 11.0 Å². The molecule has 0 aliphatic heterocycles. The van der Waals surface area contributed by atoms with E-state index in [1.807, 2.05) is 0 Å². The highest BCUT2D eigenvalue weighted by atomic mass is 32.1. The molecule has 0 aliphatic rings. The van der Waals surface area contributed by atoms with Gasteiger partial charge in [0.15, 0.2) is 5.11 Å². The highest BCUT2D eigenvalue weighted by molar-refractivity contribution is 7.80. The maximum Gasteiger partial charge on any atom is 0.269 e. The summed E-state index contributed by atoms with van der Waals surface area (Å²) in [4.78, 5) is 10.1. The van der Waals surface area contributed by atoms with Crippen molar-refractivity contribution >= 4 is 35.3 Å².